The fraction of sp³-hybridized carbons (Fsp3) is 0.467. The Labute approximate surface area is 118 Å². The maximum absolute atomic E-state index is 12.3. The molecule has 1 aromatic rings. The number of carboxylic acid groups (broad SMARTS) is 1. The fourth-order valence-corrected chi connectivity index (χ4v) is 2.45. The van der Waals surface area contributed by atoms with Crippen LogP contribution in [0.3, 0.4) is 0 Å². The Morgan fingerprint density at radius 2 is 1.70 bits per heavy atom. The number of carboxylic acids is 1. The topological polar surface area (TPSA) is 60.9 Å². The van der Waals surface area contributed by atoms with E-state index in [0.29, 0.717) is 0 Å². The molecule has 0 saturated carbocycles. The lowest BCUT2D eigenvalue weighted by molar-refractivity contribution is -0.135. The van der Waals surface area contributed by atoms with Gasteiger partial charge in [0.05, 0.1) is 6.54 Å². The van der Waals surface area contributed by atoms with E-state index in [0.717, 1.165) is 31.6 Å². The van der Waals surface area contributed by atoms with Gasteiger partial charge in [-0.3, -0.25) is 9.59 Å². The van der Waals surface area contributed by atoms with Crippen LogP contribution in [0.5, 0.6) is 0 Å². The summed E-state index contributed by atoms with van der Waals surface area (Å²) in [5, 5.41) is 9.00. The third kappa shape index (κ3) is 3.98. The Bertz CT molecular complexity index is 455. The van der Waals surface area contributed by atoms with Gasteiger partial charge in [0.1, 0.15) is 6.54 Å². The van der Waals surface area contributed by atoms with Crippen LogP contribution in [0, 0.1) is 0 Å². The van der Waals surface area contributed by atoms with Crippen molar-refractivity contribution in [1.82, 2.24) is 4.90 Å². The molecule has 1 heterocycles. The molecule has 5 nitrogen and oxygen atoms in total. The summed E-state index contributed by atoms with van der Waals surface area (Å²) < 4.78 is 0. The number of carbonyl (C=O) groups is 2. The van der Waals surface area contributed by atoms with Crippen LogP contribution in [-0.4, -0.2) is 48.1 Å². The number of para-hydroxylation sites is 1. The highest BCUT2D eigenvalue weighted by Crippen LogP contribution is 2.14. The zero-order chi connectivity index (χ0) is 14.4. The molecule has 1 aromatic carbocycles. The average molecular weight is 276 g/mol. The summed E-state index contributed by atoms with van der Waals surface area (Å²) in [5.74, 6) is -0.921. The Morgan fingerprint density at radius 3 is 2.30 bits per heavy atom. The summed E-state index contributed by atoms with van der Waals surface area (Å²) in [6, 6.07) is 9.21. The molecule has 0 aliphatic carbocycles. The molecule has 5 heteroatoms. The standard InChI is InChI=1S/C15H20N2O3/c18-14(16-9-5-2-6-10-16)11-17(12-15(19)20)13-7-3-1-4-8-13/h1,3-4,7-8H,2,5-6,9-12H2,(H,19,20). The number of nitrogens with zero attached hydrogens (tertiary/aromatic N) is 2. The molecular weight excluding hydrogens is 256 g/mol. The van der Waals surface area contributed by atoms with Crippen molar-refractivity contribution in [1.29, 1.82) is 0 Å². The van der Waals surface area contributed by atoms with Crippen molar-refractivity contribution in [3.63, 3.8) is 0 Å². The van der Waals surface area contributed by atoms with Crippen molar-refractivity contribution in [3.05, 3.63) is 30.3 Å². The third-order valence-corrected chi connectivity index (χ3v) is 3.48. The molecule has 20 heavy (non-hydrogen) atoms. The Balaban J connectivity index is 2.03. The highest BCUT2D eigenvalue weighted by Gasteiger charge is 2.20. The van der Waals surface area contributed by atoms with Crippen molar-refractivity contribution in [3.8, 4) is 0 Å². The first-order valence-corrected chi connectivity index (χ1v) is 6.96. The molecule has 0 unspecified atom stereocenters. The second kappa shape index (κ2) is 6.93. The molecule has 2 rings (SSSR count). The van der Waals surface area contributed by atoms with E-state index in [1.807, 2.05) is 35.2 Å². The van der Waals surface area contributed by atoms with Gasteiger partial charge >= 0.3 is 5.97 Å². The highest BCUT2D eigenvalue weighted by molar-refractivity contribution is 5.84. The summed E-state index contributed by atoms with van der Waals surface area (Å²) in [5.41, 5.74) is 0.764. The molecule has 1 aliphatic rings. The molecule has 1 aliphatic heterocycles. The van der Waals surface area contributed by atoms with Crippen LogP contribution in [0.25, 0.3) is 0 Å². The van der Waals surface area contributed by atoms with Crippen LogP contribution in [0.2, 0.25) is 0 Å². The Kier molecular flexibility index (Phi) is 4.98. The van der Waals surface area contributed by atoms with Crippen LogP contribution < -0.4 is 4.90 Å². The van der Waals surface area contributed by atoms with Crippen molar-refractivity contribution < 1.29 is 14.7 Å². The number of likely N-dealkylation sites (tertiary alicyclic amines) is 1. The highest BCUT2D eigenvalue weighted by atomic mass is 16.4. The second-order valence-electron chi connectivity index (χ2n) is 5.03. The third-order valence-electron chi connectivity index (χ3n) is 3.48. The number of hydrogen-bond acceptors (Lipinski definition) is 3. The molecule has 0 aromatic heterocycles. The SMILES string of the molecule is O=C(O)CN(CC(=O)N1CCCCC1)c1ccccc1. The second-order valence-corrected chi connectivity index (χ2v) is 5.03. The molecule has 0 spiro atoms. The number of hydrogen-bond donors (Lipinski definition) is 1. The lowest BCUT2D eigenvalue weighted by Gasteiger charge is -2.30. The van der Waals surface area contributed by atoms with E-state index in [9.17, 15) is 9.59 Å². The minimum absolute atomic E-state index is 0.00908. The van der Waals surface area contributed by atoms with Crippen molar-refractivity contribution >= 4 is 17.6 Å². The summed E-state index contributed by atoms with van der Waals surface area (Å²) >= 11 is 0. The van der Waals surface area contributed by atoms with Gasteiger partial charge in [0, 0.05) is 18.8 Å². The first kappa shape index (κ1) is 14.4. The predicted molar refractivity (Wildman–Crippen MR) is 76.7 cm³/mol. The molecule has 1 amide bonds. The number of aliphatic carboxylic acids is 1. The van der Waals surface area contributed by atoms with Crippen LogP contribution in [-0.2, 0) is 9.59 Å². The average Bonchev–Trinajstić information content (AvgIpc) is 2.48. The number of rotatable bonds is 5. The lowest BCUT2D eigenvalue weighted by Crippen LogP contribution is -2.44. The van der Waals surface area contributed by atoms with Gasteiger partial charge in [-0.1, -0.05) is 18.2 Å². The van der Waals surface area contributed by atoms with Gasteiger partial charge < -0.3 is 14.9 Å². The number of carbonyl (C=O) groups excluding carboxylic acids is 1. The summed E-state index contributed by atoms with van der Waals surface area (Å²) in [6.45, 7) is 1.53. The number of amides is 1. The monoisotopic (exact) mass is 276 g/mol. The van der Waals surface area contributed by atoms with Gasteiger partial charge in [-0.05, 0) is 31.4 Å². The zero-order valence-electron chi connectivity index (χ0n) is 11.5. The normalized spacial score (nSPS) is 14.9. The smallest absolute Gasteiger partial charge is 0.323 e. The van der Waals surface area contributed by atoms with Crippen LogP contribution in [0.15, 0.2) is 30.3 Å². The maximum Gasteiger partial charge on any atom is 0.323 e. The van der Waals surface area contributed by atoms with Gasteiger partial charge in [0.2, 0.25) is 5.91 Å². The molecule has 1 fully saturated rings. The van der Waals surface area contributed by atoms with Crippen molar-refractivity contribution in [2.24, 2.45) is 0 Å². The van der Waals surface area contributed by atoms with E-state index in [4.69, 9.17) is 5.11 Å². The largest absolute Gasteiger partial charge is 0.480 e. The van der Waals surface area contributed by atoms with Crippen LogP contribution in [0.1, 0.15) is 19.3 Å². The van der Waals surface area contributed by atoms with Gasteiger partial charge in [-0.15, -0.1) is 0 Å². The van der Waals surface area contributed by atoms with Gasteiger partial charge in [-0.25, -0.2) is 0 Å². The minimum atomic E-state index is -0.930. The van der Waals surface area contributed by atoms with E-state index in [2.05, 4.69) is 0 Å². The number of piperidine rings is 1. The zero-order valence-corrected chi connectivity index (χ0v) is 11.5. The molecule has 1 N–H and O–H groups in total. The maximum atomic E-state index is 12.3. The van der Waals surface area contributed by atoms with E-state index >= 15 is 0 Å². The van der Waals surface area contributed by atoms with Crippen LogP contribution in [0.4, 0.5) is 5.69 Å². The first-order valence-electron chi connectivity index (χ1n) is 6.96. The van der Waals surface area contributed by atoms with E-state index < -0.39 is 5.97 Å². The number of anilines is 1. The number of benzene rings is 1. The van der Waals surface area contributed by atoms with Gasteiger partial charge in [0.25, 0.3) is 0 Å². The summed E-state index contributed by atoms with van der Waals surface area (Å²) in [7, 11) is 0. The quantitative estimate of drug-likeness (QED) is 0.887. The molecule has 0 atom stereocenters. The molecular formula is C15H20N2O3. The molecule has 108 valence electrons. The van der Waals surface area contributed by atoms with Crippen LogP contribution >= 0.6 is 0 Å². The van der Waals surface area contributed by atoms with Crippen molar-refractivity contribution in [2.45, 2.75) is 19.3 Å². The van der Waals surface area contributed by atoms with E-state index in [-0.39, 0.29) is 19.0 Å². The molecule has 0 bridgehead atoms. The van der Waals surface area contributed by atoms with E-state index in [1.54, 1.807) is 4.90 Å². The molecule has 1 saturated heterocycles. The summed E-state index contributed by atoms with van der Waals surface area (Å²) in [4.78, 5) is 26.7. The Hall–Kier alpha value is -2.04. The van der Waals surface area contributed by atoms with E-state index in [1.165, 1.54) is 6.42 Å². The van der Waals surface area contributed by atoms with Gasteiger partial charge in [-0.2, -0.15) is 0 Å². The fourth-order valence-electron chi connectivity index (χ4n) is 2.45. The Morgan fingerprint density at radius 1 is 1.05 bits per heavy atom. The van der Waals surface area contributed by atoms with Gasteiger partial charge in [0.15, 0.2) is 0 Å². The van der Waals surface area contributed by atoms with Crippen molar-refractivity contribution in [2.75, 3.05) is 31.1 Å². The predicted octanol–water partition coefficient (Wildman–Crippen LogP) is 1.59. The molecule has 0 radical (unpaired) electrons. The first-order chi connectivity index (χ1) is 9.66. The minimum Gasteiger partial charge on any atom is -0.480 e. The lowest BCUT2D eigenvalue weighted by atomic mass is 10.1. The summed E-state index contributed by atoms with van der Waals surface area (Å²) in [6.07, 6.45) is 3.24.